The Morgan fingerprint density at radius 2 is 2.05 bits per heavy atom. The Morgan fingerprint density at radius 1 is 1.19 bits per heavy atom. The van der Waals surface area contributed by atoms with Crippen LogP contribution < -0.4 is 10.1 Å². The highest BCUT2D eigenvalue weighted by molar-refractivity contribution is 7.10. The SMILES string of the molecule is CNC(Cc1ccc2ccccc2n1)c1sccc1OC. The molecule has 0 aliphatic rings. The number of hydrogen-bond donors (Lipinski definition) is 1. The Bertz CT molecular complexity index is 738. The fourth-order valence-electron chi connectivity index (χ4n) is 2.49. The van der Waals surface area contributed by atoms with Gasteiger partial charge in [0.15, 0.2) is 0 Å². The van der Waals surface area contributed by atoms with Gasteiger partial charge in [0.05, 0.1) is 23.5 Å². The standard InChI is InChI=1S/C17H18N2OS/c1-18-15(17-16(20-2)9-10-21-17)11-13-8-7-12-5-3-4-6-14(12)19-13/h3-10,15,18H,11H2,1-2H3. The molecule has 0 spiro atoms. The molecule has 108 valence electrons. The number of rotatable bonds is 5. The summed E-state index contributed by atoms with van der Waals surface area (Å²) in [5.74, 6) is 0.945. The van der Waals surface area contributed by atoms with E-state index in [2.05, 4.69) is 35.0 Å². The zero-order valence-corrected chi connectivity index (χ0v) is 13.0. The molecule has 0 saturated heterocycles. The lowest BCUT2D eigenvalue weighted by Crippen LogP contribution is -2.18. The number of aromatic nitrogens is 1. The number of nitrogens with one attached hydrogen (secondary N) is 1. The van der Waals surface area contributed by atoms with E-state index in [4.69, 9.17) is 9.72 Å². The molecule has 0 fully saturated rings. The van der Waals surface area contributed by atoms with Crippen LogP contribution in [0.2, 0.25) is 0 Å². The van der Waals surface area contributed by atoms with Crippen LogP contribution in [0.15, 0.2) is 47.8 Å². The molecule has 0 amide bonds. The van der Waals surface area contributed by atoms with Gasteiger partial charge in [-0.15, -0.1) is 11.3 Å². The van der Waals surface area contributed by atoms with E-state index in [-0.39, 0.29) is 6.04 Å². The number of fused-ring (bicyclic) bond motifs is 1. The van der Waals surface area contributed by atoms with Crippen LogP contribution in [0.1, 0.15) is 16.6 Å². The van der Waals surface area contributed by atoms with Crippen LogP contribution in [-0.2, 0) is 6.42 Å². The third-order valence-electron chi connectivity index (χ3n) is 3.61. The molecule has 2 heterocycles. The zero-order valence-electron chi connectivity index (χ0n) is 12.2. The minimum Gasteiger partial charge on any atom is -0.496 e. The van der Waals surface area contributed by atoms with Gasteiger partial charge in [-0.2, -0.15) is 0 Å². The molecule has 0 aliphatic heterocycles. The van der Waals surface area contributed by atoms with Gasteiger partial charge >= 0.3 is 0 Å². The van der Waals surface area contributed by atoms with Crippen molar-refractivity contribution >= 4 is 22.2 Å². The highest BCUT2D eigenvalue weighted by atomic mass is 32.1. The third-order valence-corrected chi connectivity index (χ3v) is 4.62. The molecular weight excluding hydrogens is 280 g/mol. The summed E-state index contributed by atoms with van der Waals surface area (Å²) in [6.07, 6.45) is 0.845. The molecule has 1 N–H and O–H groups in total. The number of nitrogens with zero attached hydrogens (tertiary/aromatic N) is 1. The average molecular weight is 298 g/mol. The number of benzene rings is 1. The Kier molecular flexibility index (Phi) is 4.18. The second-order valence-electron chi connectivity index (χ2n) is 4.89. The second kappa shape index (κ2) is 6.24. The number of pyridine rings is 1. The van der Waals surface area contributed by atoms with Crippen LogP contribution in [0.25, 0.3) is 10.9 Å². The van der Waals surface area contributed by atoms with E-state index in [9.17, 15) is 0 Å². The van der Waals surface area contributed by atoms with E-state index in [1.54, 1.807) is 18.4 Å². The molecule has 4 heteroatoms. The molecule has 2 aromatic heterocycles. The first-order valence-electron chi connectivity index (χ1n) is 6.95. The molecular formula is C17H18N2OS. The van der Waals surface area contributed by atoms with Crippen molar-refractivity contribution in [2.45, 2.75) is 12.5 Å². The largest absolute Gasteiger partial charge is 0.496 e. The highest BCUT2D eigenvalue weighted by Crippen LogP contribution is 2.32. The van der Waals surface area contributed by atoms with Crippen LogP contribution in [0.5, 0.6) is 5.75 Å². The lowest BCUT2D eigenvalue weighted by atomic mass is 10.1. The van der Waals surface area contributed by atoms with Crippen molar-refractivity contribution in [1.82, 2.24) is 10.3 Å². The maximum Gasteiger partial charge on any atom is 0.134 e. The molecule has 1 aromatic carbocycles. The fraction of sp³-hybridized carbons (Fsp3) is 0.235. The number of likely N-dealkylation sites (N-methyl/N-ethyl adjacent to an activating group) is 1. The molecule has 1 atom stereocenters. The smallest absolute Gasteiger partial charge is 0.134 e. The minimum atomic E-state index is 0.216. The van der Waals surface area contributed by atoms with Gasteiger partial charge in [0.1, 0.15) is 5.75 Å². The van der Waals surface area contributed by atoms with Crippen LogP contribution in [0, 0.1) is 0 Å². The van der Waals surface area contributed by atoms with Crippen LogP contribution in [0.3, 0.4) is 0 Å². The lowest BCUT2D eigenvalue weighted by Gasteiger charge is -2.16. The molecule has 3 nitrogen and oxygen atoms in total. The molecule has 1 unspecified atom stereocenters. The summed E-state index contributed by atoms with van der Waals surface area (Å²) in [6.45, 7) is 0. The summed E-state index contributed by atoms with van der Waals surface area (Å²) in [5.41, 5.74) is 2.13. The second-order valence-corrected chi connectivity index (χ2v) is 5.84. The highest BCUT2D eigenvalue weighted by Gasteiger charge is 2.17. The van der Waals surface area contributed by atoms with Crippen LogP contribution >= 0.6 is 11.3 Å². The van der Waals surface area contributed by atoms with Gasteiger partial charge in [0, 0.05) is 17.5 Å². The van der Waals surface area contributed by atoms with E-state index >= 15 is 0 Å². The summed E-state index contributed by atoms with van der Waals surface area (Å²) >= 11 is 1.71. The normalized spacial score (nSPS) is 12.5. The monoisotopic (exact) mass is 298 g/mol. The van der Waals surface area contributed by atoms with Crippen LogP contribution in [0.4, 0.5) is 0 Å². The number of methoxy groups -OCH3 is 1. The number of hydrogen-bond acceptors (Lipinski definition) is 4. The van der Waals surface area contributed by atoms with Crippen molar-refractivity contribution in [3.05, 3.63) is 58.4 Å². The summed E-state index contributed by atoms with van der Waals surface area (Å²) in [5, 5.41) is 6.60. The summed E-state index contributed by atoms with van der Waals surface area (Å²) < 4.78 is 5.43. The minimum absolute atomic E-state index is 0.216. The van der Waals surface area contributed by atoms with E-state index in [1.807, 2.05) is 25.2 Å². The van der Waals surface area contributed by atoms with Gasteiger partial charge in [0.2, 0.25) is 0 Å². The molecule has 3 aromatic rings. The quantitative estimate of drug-likeness (QED) is 0.778. The van der Waals surface area contributed by atoms with E-state index in [0.29, 0.717) is 0 Å². The maximum atomic E-state index is 5.43. The summed E-state index contributed by atoms with van der Waals surface area (Å²) in [6, 6.07) is 14.7. The van der Waals surface area contributed by atoms with Gasteiger partial charge in [-0.3, -0.25) is 4.98 Å². The van der Waals surface area contributed by atoms with Crippen molar-refractivity contribution in [2.75, 3.05) is 14.2 Å². The first kappa shape index (κ1) is 14.0. The molecule has 0 aliphatic carbocycles. The van der Waals surface area contributed by atoms with E-state index in [1.165, 1.54) is 10.3 Å². The molecule has 0 radical (unpaired) electrons. The topological polar surface area (TPSA) is 34.2 Å². The van der Waals surface area contributed by atoms with E-state index in [0.717, 1.165) is 23.4 Å². The summed E-state index contributed by atoms with van der Waals surface area (Å²) in [4.78, 5) is 5.97. The van der Waals surface area contributed by atoms with Crippen LogP contribution in [-0.4, -0.2) is 19.1 Å². The van der Waals surface area contributed by atoms with E-state index < -0.39 is 0 Å². The van der Waals surface area contributed by atoms with Gasteiger partial charge < -0.3 is 10.1 Å². The number of thiophene rings is 1. The van der Waals surface area contributed by atoms with Gasteiger partial charge in [-0.05, 0) is 30.6 Å². The van der Waals surface area contributed by atoms with Crippen molar-refractivity contribution in [3.8, 4) is 5.75 Å². The van der Waals surface area contributed by atoms with Gasteiger partial charge in [-0.1, -0.05) is 24.3 Å². The molecule has 0 saturated carbocycles. The molecule has 0 bridgehead atoms. The Balaban J connectivity index is 1.88. The average Bonchev–Trinajstić information content (AvgIpc) is 3.01. The van der Waals surface area contributed by atoms with Crippen molar-refractivity contribution in [1.29, 1.82) is 0 Å². The fourth-order valence-corrected chi connectivity index (χ4v) is 3.46. The predicted molar refractivity (Wildman–Crippen MR) is 88.1 cm³/mol. The zero-order chi connectivity index (χ0) is 14.7. The maximum absolute atomic E-state index is 5.43. The van der Waals surface area contributed by atoms with Crippen molar-refractivity contribution < 1.29 is 4.74 Å². The lowest BCUT2D eigenvalue weighted by molar-refractivity contribution is 0.405. The molecule has 21 heavy (non-hydrogen) atoms. The number of para-hydroxylation sites is 1. The Labute approximate surface area is 128 Å². The summed E-state index contributed by atoms with van der Waals surface area (Å²) in [7, 11) is 3.69. The Hall–Kier alpha value is -1.91. The number of ether oxygens (including phenoxy) is 1. The Morgan fingerprint density at radius 3 is 2.86 bits per heavy atom. The van der Waals surface area contributed by atoms with Gasteiger partial charge in [0.25, 0.3) is 0 Å². The molecule has 3 rings (SSSR count). The first-order valence-corrected chi connectivity index (χ1v) is 7.83. The van der Waals surface area contributed by atoms with Crippen molar-refractivity contribution in [2.24, 2.45) is 0 Å². The third kappa shape index (κ3) is 2.91. The predicted octanol–water partition coefficient (Wildman–Crippen LogP) is 3.81. The first-order chi connectivity index (χ1) is 10.3. The van der Waals surface area contributed by atoms with Gasteiger partial charge in [-0.25, -0.2) is 0 Å². The van der Waals surface area contributed by atoms with Crippen molar-refractivity contribution in [3.63, 3.8) is 0 Å².